The average Bonchev–Trinajstić information content (AvgIpc) is 3.31. The van der Waals surface area contributed by atoms with Gasteiger partial charge in [-0.3, -0.25) is 4.79 Å². The van der Waals surface area contributed by atoms with E-state index in [9.17, 15) is 14.0 Å². The minimum absolute atomic E-state index is 0.222. The number of nitrogens with zero attached hydrogens (tertiary/aromatic N) is 5. The molecule has 1 saturated carbocycles. The summed E-state index contributed by atoms with van der Waals surface area (Å²) in [7, 11) is 1.54. The van der Waals surface area contributed by atoms with Gasteiger partial charge in [-0.15, -0.1) is 0 Å². The lowest BCUT2D eigenvalue weighted by molar-refractivity contribution is 0.200. The van der Waals surface area contributed by atoms with Crippen molar-refractivity contribution >= 4 is 17.6 Å². The van der Waals surface area contributed by atoms with Crippen molar-refractivity contribution < 1.29 is 13.9 Å². The van der Waals surface area contributed by atoms with Crippen molar-refractivity contribution in [3.8, 4) is 5.75 Å². The molecule has 9 nitrogen and oxygen atoms in total. The highest BCUT2D eigenvalue weighted by atomic mass is 19.1. The number of halogens is 1. The molecular formula is C21H23FN6O3. The molecule has 0 spiro atoms. The first kappa shape index (κ1) is 19.5. The van der Waals surface area contributed by atoms with Crippen LogP contribution in [0.2, 0.25) is 0 Å². The third-order valence-corrected chi connectivity index (χ3v) is 5.84. The molecule has 31 heavy (non-hydrogen) atoms. The van der Waals surface area contributed by atoms with Crippen LogP contribution in [0.5, 0.6) is 5.75 Å². The van der Waals surface area contributed by atoms with E-state index < -0.39 is 11.9 Å². The summed E-state index contributed by atoms with van der Waals surface area (Å²) >= 11 is 0. The zero-order chi connectivity index (χ0) is 21.5. The molecule has 1 aliphatic heterocycles. The van der Waals surface area contributed by atoms with Crippen LogP contribution in [0.3, 0.4) is 0 Å². The Kier molecular flexibility index (Phi) is 4.84. The summed E-state index contributed by atoms with van der Waals surface area (Å²) in [6, 6.07) is 2.82. The van der Waals surface area contributed by atoms with E-state index in [2.05, 4.69) is 15.4 Å². The largest absolute Gasteiger partial charge is 0.412 e. The molecule has 3 aromatic heterocycles. The zero-order valence-electron chi connectivity index (χ0n) is 17.1. The number of aromatic nitrogens is 4. The standard InChI is InChI=1S/C21H23FN6O3/c1-26-12-14(22)9-15(20(26)29)16-3-2-7-27(16)18-6-8-28-19(25-18)17(11-24-28)31-21(30)23-10-13-4-5-13/h6,8-9,11-13,16H,2-5,7,10H2,1H3,(H,23,30)/t16-/m1/s1. The monoisotopic (exact) mass is 426 g/mol. The molecule has 1 N–H and O–H groups in total. The summed E-state index contributed by atoms with van der Waals surface area (Å²) in [5.41, 5.74) is 0.586. The number of aryl methyl sites for hydroxylation is 1. The summed E-state index contributed by atoms with van der Waals surface area (Å²) in [4.78, 5) is 31.3. The number of hydrogen-bond acceptors (Lipinski definition) is 6. The third-order valence-electron chi connectivity index (χ3n) is 5.84. The second kappa shape index (κ2) is 7.68. The quantitative estimate of drug-likeness (QED) is 0.674. The normalized spacial score (nSPS) is 18.5. The van der Waals surface area contributed by atoms with Crippen LogP contribution in [0.15, 0.2) is 35.5 Å². The zero-order valence-corrected chi connectivity index (χ0v) is 17.1. The smallest absolute Gasteiger partial charge is 0.405 e. The SMILES string of the molecule is Cn1cc(F)cc([C@H]2CCCN2c2ccn3ncc(OC(=O)NCC4CC4)c3n2)c1=O. The van der Waals surface area contributed by atoms with Crippen LogP contribution >= 0.6 is 0 Å². The predicted molar refractivity (Wildman–Crippen MR) is 111 cm³/mol. The molecule has 1 saturated heterocycles. The Balaban J connectivity index is 1.43. The van der Waals surface area contributed by atoms with E-state index in [-0.39, 0.29) is 17.4 Å². The van der Waals surface area contributed by atoms with Gasteiger partial charge in [0.2, 0.25) is 5.65 Å². The van der Waals surface area contributed by atoms with Crippen LogP contribution in [0, 0.1) is 11.7 Å². The molecule has 1 aliphatic carbocycles. The van der Waals surface area contributed by atoms with Gasteiger partial charge in [0, 0.05) is 38.1 Å². The number of ether oxygens (including phenoxy) is 1. The Labute approximate surface area is 177 Å². The summed E-state index contributed by atoms with van der Waals surface area (Å²) < 4.78 is 22.2. The van der Waals surface area contributed by atoms with Gasteiger partial charge in [-0.25, -0.2) is 18.7 Å². The molecule has 0 unspecified atom stereocenters. The van der Waals surface area contributed by atoms with Gasteiger partial charge in [0.1, 0.15) is 11.6 Å². The Hall–Kier alpha value is -3.43. The average molecular weight is 426 g/mol. The van der Waals surface area contributed by atoms with Crippen molar-refractivity contribution in [1.29, 1.82) is 0 Å². The molecule has 0 bridgehead atoms. The highest BCUT2D eigenvalue weighted by Crippen LogP contribution is 2.35. The van der Waals surface area contributed by atoms with E-state index in [1.54, 1.807) is 19.3 Å². The van der Waals surface area contributed by atoms with Crippen LogP contribution in [0.4, 0.5) is 15.0 Å². The van der Waals surface area contributed by atoms with Crippen molar-refractivity contribution in [2.24, 2.45) is 13.0 Å². The molecule has 4 heterocycles. The summed E-state index contributed by atoms with van der Waals surface area (Å²) in [6.45, 7) is 1.29. The first-order valence-corrected chi connectivity index (χ1v) is 10.4. The minimum Gasteiger partial charge on any atom is -0.405 e. The van der Waals surface area contributed by atoms with Gasteiger partial charge in [0.15, 0.2) is 5.75 Å². The predicted octanol–water partition coefficient (Wildman–Crippen LogP) is 2.41. The lowest BCUT2D eigenvalue weighted by Gasteiger charge is -2.26. The Morgan fingerprint density at radius 3 is 3.00 bits per heavy atom. The van der Waals surface area contributed by atoms with E-state index >= 15 is 0 Å². The molecule has 3 aromatic rings. The van der Waals surface area contributed by atoms with Gasteiger partial charge < -0.3 is 19.5 Å². The number of pyridine rings is 1. The van der Waals surface area contributed by atoms with E-state index in [1.165, 1.54) is 27.5 Å². The highest BCUT2D eigenvalue weighted by molar-refractivity contribution is 5.73. The lowest BCUT2D eigenvalue weighted by atomic mass is 10.1. The molecule has 2 aliphatic rings. The number of amides is 1. The van der Waals surface area contributed by atoms with Crippen LogP contribution in [-0.4, -0.2) is 38.3 Å². The number of hydrogen-bond donors (Lipinski definition) is 1. The fraction of sp³-hybridized carbons (Fsp3) is 0.429. The Bertz CT molecular complexity index is 1200. The Morgan fingerprint density at radius 1 is 1.35 bits per heavy atom. The summed E-state index contributed by atoms with van der Waals surface area (Å²) in [5, 5.41) is 6.94. The molecule has 162 valence electrons. The van der Waals surface area contributed by atoms with Gasteiger partial charge in [-0.05, 0) is 43.7 Å². The molecule has 0 aromatic carbocycles. The number of anilines is 1. The molecule has 5 rings (SSSR count). The molecule has 0 radical (unpaired) electrons. The van der Waals surface area contributed by atoms with Crippen molar-refractivity contribution in [3.63, 3.8) is 0 Å². The second-order valence-corrected chi connectivity index (χ2v) is 8.16. The topological polar surface area (TPSA) is 93.8 Å². The van der Waals surface area contributed by atoms with Gasteiger partial charge in [-0.2, -0.15) is 5.10 Å². The maximum absolute atomic E-state index is 14.0. The molecule has 2 fully saturated rings. The fourth-order valence-electron chi connectivity index (χ4n) is 4.05. The van der Waals surface area contributed by atoms with E-state index in [1.807, 2.05) is 4.90 Å². The van der Waals surface area contributed by atoms with E-state index in [0.717, 1.165) is 25.7 Å². The van der Waals surface area contributed by atoms with Gasteiger partial charge in [0.05, 0.1) is 12.2 Å². The van der Waals surface area contributed by atoms with Gasteiger partial charge >= 0.3 is 6.09 Å². The second-order valence-electron chi connectivity index (χ2n) is 8.16. The van der Waals surface area contributed by atoms with Crippen molar-refractivity contribution in [3.05, 3.63) is 52.5 Å². The minimum atomic E-state index is -0.531. The summed E-state index contributed by atoms with van der Waals surface area (Å²) in [6.07, 6.45) is 7.66. The highest BCUT2D eigenvalue weighted by Gasteiger charge is 2.30. The summed E-state index contributed by atoms with van der Waals surface area (Å²) in [5.74, 6) is 0.970. The van der Waals surface area contributed by atoms with Crippen LogP contribution in [-0.2, 0) is 7.05 Å². The lowest BCUT2D eigenvalue weighted by Crippen LogP contribution is -2.31. The van der Waals surface area contributed by atoms with E-state index in [4.69, 9.17) is 4.74 Å². The number of carbonyl (C=O) groups is 1. The Morgan fingerprint density at radius 2 is 2.19 bits per heavy atom. The first-order chi connectivity index (χ1) is 15.0. The van der Waals surface area contributed by atoms with E-state index in [0.29, 0.717) is 36.0 Å². The van der Waals surface area contributed by atoms with Crippen LogP contribution in [0.25, 0.3) is 5.65 Å². The van der Waals surface area contributed by atoms with Crippen LogP contribution < -0.4 is 20.5 Å². The van der Waals surface area contributed by atoms with Gasteiger partial charge in [0.25, 0.3) is 5.56 Å². The molecule has 1 atom stereocenters. The van der Waals surface area contributed by atoms with Crippen molar-refractivity contribution in [1.82, 2.24) is 24.5 Å². The van der Waals surface area contributed by atoms with Gasteiger partial charge in [-0.1, -0.05) is 0 Å². The van der Waals surface area contributed by atoms with Crippen molar-refractivity contribution in [2.75, 3.05) is 18.0 Å². The maximum atomic E-state index is 14.0. The third kappa shape index (κ3) is 3.85. The fourth-order valence-corrected chi connectivity index (χ4v) is 4.05. The maximum Gasteiger partial charge on any atom is 0.412 e. The van der Waals surface area contributed by atoms with Crippen molar-refractivity contribution in [2.45, 2.75) is 31.7 Å². The molecule has 10 heteroatoms. The number of carbonyl (C=O) groups excluding carboxylic acids is 1. The number of fused-ring (bicyclic) bond motifs is 1. The first-order valence-electron chi connectivity index (χ1n) is 10.4. The number of rotatable bonds is 5. The molecular weight excluding hydrogens is 403 g/mol. The van der Waals surface area contributed by atoms with Crippen LogP contribution in [0.1, 0.15) is 37.3 Å². The molecule has 1 amide bonds. The number of nitrogens with one attached hydrogen (secondary N) is 1.